The fraction of sp³-hybridized carbons (Fsp3) is 0.375. The van der Waals surface area contributed by atoms with Crippen molar-refractivity contribution in [3.05, 3.63) is 42.6 Å². The molecule has 1 amide bonds. The van der Waals surface area contributed by atoms with Crippen molar-refractivity contribution in [1.82, 2.24) is 15.3 Å². The fourth-order valence-electron chi connectivity index (χ4n) is 4.04. The van der Waals surface area contributed by atoms with E-state index in [1.54, 1.807) is 20.4 Å². The topological polar surface area (TPSA) is 82.6 Å². The first-order valence-electron chi connectivity index (χ1n) is 10.4. The molecule has 7 heteroatoms. The average Bonchev–Trinajstić information content (AvgIpc) is 3.22. The highest BCUT2D eigenvalue weighted by Gasteiger charge is 2.33. The number of carbonyl (C=O) groups excluding carboxylic acids is 1. The summed E-state index contributed by atoms with van der Waals surface area (Å²) in [4.78, 5) is 21.2. The fourth-order valence-corrected chi connectivity index (χ4v) is 4.04. The first-order chi connectivity index (χ1) is 15.0. The van der Waals surface area contributed by atoms with E-state index in [0.717, 1.165) is 22.2 Å². The molecular formula is C24H27N3O4. The van der Waals surface area contributed by atoms with Gasteiger partial charge in [0.1, 0.15) is 6.10 Å². The van der Waals surface area contributed by atoms with Crippen molar-refractivity contribution in [2.45, 2.75) is 26.4 Å². The van der Waals surface area contributed by atoms with Crippen LogP contribution in [0.25, 0.3) is 22.2 Å². The van der Waals surface area contributed by atoms with Gasteiger partial charge >= 0.3 is 0 Å². The van der Waals surface area contributed by atoms with Gasteiger partial charge in [0.25, 0.3) is 0 Å². The Morgan fingerprint density at radius 1 is 1.10 bits per heavy atom. The van der Waals surface area contributed by atoms with Crippen LogP contribution >= 0.6 is 0 Å². The number of fused-ring (bicyclic) bond motifs is 1. The van der Waals surface area contributed by atoms with Crippen LogP contribution in [0.1, 0.15) is 20.3 Å². The number of rotatable bonds is 7. The van der Waals surface area contributed by atoms with Crippen LogP contribution in [0.2, 0.25) is 0 Å². The van der Waals surface area contributed by atoms with Gasteiger partial charge in [0.2, 0.25) is 11.8 Å². The number of hydrogen-bond acceptors (Lipinski definition) is 6. The van der Waals surface area contributed by atoms with Crippen molar-refractivity contribution in [1.29, 1.82) is 0 Å². The predicted molar refractivity (Wildman–Crippen MR) is 118 cm³/mol. The maximum atomic E-state index is 11.8. The van der Waals surface area contributed by atoms with Gasteiger partial charge in [0, 0.05) is 30.6 Å². The Balaban J connectivity index is 1.77. The van der Waals surface area contributed by atoms with E-state index in [2.05, 4.69) is 24.1 Å². The quantitative estimate of drug-likeness (QED) is 0.624. The Kier molecular flexibility index (Phi) is 5.93. The van der Waals surface area contributed by atoms with Crippen LogP contribution in [-0.2, 0) is 4.79 Å². The zero-order valence-corrected chi connectivity index (χ0v) is 18.2. The van der Waals surface area contributed by atoms with E-state index in [0.29, 0.717) is 30.3 Å². The first-order valence-corrected chi connectivity index (χ1v) is 10.4. The van der Waals surface area contributed by atoms with Crippen LogP contribution in [0.15, 0.2) is 42.6 Å². The second-order valence-corrected chi connectivity index (χ2v) is 8.05. The molecule has 1 N–H and O–H groups in total. The van der Waals surface area contributed by atoms with E-state index in [1.165, 1.54) is 0 Å². The SMILES string of the molecule is COc1ccc(-c2cc3ncccc3c(OC(C(C)C)[C@H]3CNC(=O)C3)n2)cc1OC. The van der Waals surface area contributed by atoms with Crippen molar-refractivity contribution in [3.63, 3.8) is 0 Å². The lowest BCUT2D eigenvalue weighted by atomic mass is 9.92. The minimum absolute atomic E-state index is 0.0674. The normalized spacial score (nSPS) is 16.9. The standard InChI is InChI=1S/C24H27N3O4/c1-14(2)23(16-11-22(28)26-13-16)31-24-17-6-5-9-25-19(17)12-18(27-24)15-7-8-20(29-3)21(10-15)30-4/h5-10,12,14,16,23H,11,13H2,1-4H3,(H,26,28)/t16-,23?/m1/s1. The van der Waals surface area contributed by atoms with Gasteiger partial charge in [-0.1, -0.05) is 13.8 Å². The molecule has 0 bridgehead atoms. The summed E-state index contributed by atoms with van der Waals surface area (Å²) in [5.74, 6) is 2.19. The van der Waals surface area contributed by atoms with Crippen molar-refractivity contribution < 1.29 is 19.0 Å². The van der Waals surface area contributed by atoms with Gasteiger partial charge in [-0.2, -0.15) is 0 Å². The number of carbonyl (C=O) groups is 1. The van der Waals surface area contributed by atoms with Crippen LogP contribution in [0.4, 0.5) is 0 Å². The molecule has 2 atom stereocenters. The summed E-state index contributed by atoms with van der Waals surface area (Å²) in [6, 6.07) is 11.4. The van der Waals surface area contributed by atoms with E-state index in [4.69, 9.17) is 19.2 Å². The van der Waals surface area contributed by atoms with E-state index >= 15 is 0 Å². The molecule has 4 rings (SSSR count). The van der Waals surface area contributed by atoms with Crippen molar-refractivity contribution >= 4 is 16.8 Å². The number of ether oxygens (including phenoxy) is 3. The average molecular weight is 421 g/mol. The van der Waals surface area contributed by atoms with E-state index in [-0.39, 0.29) is 23.8 Å². The van der Waals surface area contributed by atoms with E-state index < -0.39 is 0 Å². The second kappa shape index (κ2) is 8.79. The number of nitrogens with one attached hydrogen (secondary N) is 1. The molecule has 7 nitrogen and oxygen atoms in total. The third-order valence-electron chi connectivity index (χ3n) is 5.62. The Labute approximate surface area is 181 Å². The monoisotopic (exact) mass is 421 g/mol. The van der Waals surface area contributed by atoms with Gasteiger partial charge in [-0.3, -0.25) is 9.78 Å². The van der Waals surface area contributed by atoms with Gasteiger partial charge < -0.3 is 19.5 Å². The van der Waals surface area contributed by atoms with Gasteiger partial charge in [-0.05, 0) is 42.3 Å². The number of pyridine rings is 2. The summed E-state index contributed by atoms with van der Waals surface area (Å²) in [6.07, 6.45) is 2.08. The molecule has 1 saturated heterocycles. The van der Waals surface area contributed by atoms with Crippen molar-refractivity contribution in [3.8, 4) is 28.6 Å². The highest BCUT2D eigenvalue weighted by molar-refractivity contribution is 5.87. The lowest BCUT2D eigenvalue weighted by Gasteiger charge is -2.27. The molecule has 0 saturated carbocycles. The lowest BCUT2D eigenvalue weighted by Crippen LogP contribution is -2.34. The summed E-state index contributed by atoms with van der Waals surface area (Å²) in [7, 11) is 3.21. The summed E-state index contributed by atoms with van der Waals surface area (Å²) < 4.78 is 17.3. The molecule has 1 aliphatic heterocycles. The molecule has 1 fully saturated rings. The molecule has 0 spiro atoms. The van der Waals surface area contributed by atoms with Gasteiger partial charge in [-0.15, -0.1) is 0 Å². The number of hydrogen-bond donors (Lipinski definition) is 1. The Morgan fingerprint density at radius 2 is 1.90 bits per heavy atom. The van der Waals surface area contributed by atoms with E-state index in [1.807, 2.05) is 36.4 Å². The molecule has 2 aromatic heterocycles. The Morgan fingerprint density at radius 3 is 2.58 bits per heavy atom. The van der Waals surface area contributed by atoms with Gasteiger partial charge in [0.05, 0.1) is 30.8 Å². The molecule has 3 aromatic rings. The maximum absolute atomic E-state index is 11.8. The van der Waals surface area contributed by atoms with E-state index in [9.17, 15) is 4.79 Å². The lowest BCUT2D eigenvalue weighted by molar-refractivity contribution is -0.119. The van der Waals surface area contributed by atoms with Crippen LogP contribution in [0.5, 0.6) is 17.4 Å². The number of aromatic nitrogens is 2. The second-order valence-electron chi connectivity index (χ2n) is 8.05. The Bertz CT molecular complexity index is 1100. The van der Waals surface area contributed by atoms with Crippen LogP contribution in [0, 0.1) is 11.8 Å². The number of amides is 1. The molecule has 1 aromatic carbocycles. The summed E-state index contributed by atoms with van der Waals surface area (Å²) in [5.41, 5.74) is 2.39. The summed E-state index contributed by atoms with van der Waals surface area (Å²) in [5, 5.41) is 3.75. The number of benzene rings is 1. The minimum atomic E-state index is -0.143. The smallest absolute Gasteiger partial charge is 0.223 e. The molecule has 3 heterocycles. The number of methoxy groups -OCH3 is 2. The third-order valence-corrected chi connectivity index (χ3v) is 5.62. The van der Waals surface area contributed by atoms with Gasteiger partial charge in [0.15, 0.2) is 11.5 Å². The molecular weight excluding hydrogens is 394 g/mol. The molecule has 0 aliphatic carbocycles. The van der Waals surface area contributed by atoms with Crippen molar-refractivity contribution in [2.75, 3.05) is 20.8 Å². The van der Waals surface area contributed by atoms with Crippen LogP contribution in [-0.4, -0.2) is 42.7 Å². The molecule has 31 heavy (non-hydrogen) atoms. The minimum Gasteiger partial charge on any atom is -0.493 e. The van der Waals surface area contributed by atoms with Crippen LogP contribution < -0.4 is 19.5 Å². The highest BCUT2D eigenvalue weighted by atomic mass is 16.5. The van der Waals surface area contributed by atoms with Gasteiger partial charge in [-0.25, -0.2) is 4.98 Å². The molecule has 1 unspecified atom stereocenters. The largest absolute Gasteiger partial charge is 0.493 e. The zero-order chi connectivity index (χ0) is 22.0. The number of nitrogens with zero attached hydrogens (tertiary/aromatic N) is 2. The van der Waals surface area contributed by atoms with Crippen LogP contribution in [0.3, 0.4) is 0 Å². The first kappa shape index (κ1) is 20.9. The highest BCUT2D eigenvalue weighted by Crippen LogP contribution is 2.35. The maximum Gasteiger partial charge on any atom is 0.223 e. The molecule has 0 radical (unpaired) electrons. The summed E-state index contributed by atoms with van der Waals surface area (Å²) >= 11 is 0. The molecule has 162 valence electrons. The Hall–Kier alpha value is -3.35. The third kappa shape index (κ3) is 4.26. The molecule has 1 aliphatic rings. The van der Waals surface area contributed by atoms with Crippen molar-refractivity contribution in [2.24, 2.45) is 11.8 Å². The predicted octanol–water partition coefficient (Wildman–Crippen LogP) is 3.85. The summed E-state index contributed by atoms with van der Waals surface area (Å²) in [6.45, 7) is 4.82. The zero-order valence-electron chi connectivity index (χ0n) is 18.2.